The zero-order chi connectivity index (χ0) is 15.4. The Bertz CT molecular complexity index is 519. The normalized spacial score (nSPS) is 19.1. The third kappa shape index (κ3) is 3.57. The zero-order valence-corrected chi connectivity index (χ0v) is 13.1. The Kier molecular flexibility index (Phi) is 5.25. The van der Waals surface area contributed by atoms with Crippen molar-refractivity contribution in [2.45, 2.75) is 46.2 Å². The molecule has 0 aliphatic carbocycles. The van der Waals surface area contributed by atoms with Crippen LogP contribution in [0.15, 0.2) is 6.20 Å². The lowest BCUT2D eigenvalue weighted by molar-refractivity contribution is -0.386. The van der Waals surface area contributed by atoms with Gasteiger partial charge in [0.05, 0.1) is 10.6 Å². The van der Waals surface area contributed by atoms with Crippen LogP contribution in [0.5, 0.6) is 0 Å². The number of hydrogen-bond donors (Lipinski definition) is 1. The van der Waals surface area contributed by atoms with E-state index in [1.165, 1.54) is 19.4 Å². The molecular weight excluding hydrogens is 268 g/mol. The number of pyridine rings is 1. The van der Waals surface area contributed by atoms with Crippen LogP contribution < -0.4 is 5.32 Å². The third-order valence-electron chi connectivity index (χ3n) is 4.34. The first-order chi connectivity index (χ1) is 10.0. The van der Waals surface area contributed by atoms with Gasteiger partial charge in [-0.3, -0.25) is 20.0 Å². The molecule has 21 heavy (non-hydrogen) atoms. The molecule has 0 spiro atoms. The molecule has 0 radical (unpaired) electrons. The Morgan fingerprint density at radius 3 is 2.95 bits per heavy atom. The molecule has 2 heterocycles. The minimum absolute atomic E-state index is 0.192. The first-order valence-electron chi connectivity index (χ1n) is 7.58. The molecule has 1 aliphatic heterocycles. The predicted octanol–water partition coefficient (Wildman–Crippen LogP) is 2.18. The summed E-state index contributed by atoms with van der Waals surface area (Å²) in [5.74, 6) is 0. The Hall–Kier alpha value is -1.53. The van der Waals surface area contributed by atoms with E-state index in [0.717, 1.165) is 18.8 Å². The van der Waals surface area contributed by atoms with E-state index in [1.807, 2.05) is 0 Å². The van der Waals surface area contributed by atoms with Crippen molar-refractivity contribution in [1.29, 1.82) is 0 Å². The monoisotopic (exact) mass is 292 g/mol. The molecule has 1 aromatic heterocycles. The van der Waals surface area contributed by atoms with Crippen LogP contribution in [-0.4, -0.2) is 40.5 Å². The van der Waals surface area contributed by atoms with Gasteiger partial charge in [0.2, 0.25) is 0 Å². The topological polar surface area (TPSA) is 71.3 Å². The standard InChI is InChI=1S/C15H24N4O2/c1-4-18-7-5-6-13(18)9-16-10-14-12(3)15(19(20)21)11(2)8-17-14/h8,13,16H,4-7,9-10H2,1-3H3. The summed E-state index contributed by atoms with van der Waals surface area (Å²) < 4.78 is 0. The van der Waals surface area contributed by atoms with Crippen molar-refractivity contribution in [1.82, 2.24) is 15.2 Å². The average Bonchev–Trinajstić information content (AvgIpc) is 2.88. The fraction of sp³-hybridized carbons (Fsp3) is 0.667. The van der Waals surface area contributed by atoms with Crippen molar-refractivity contribution in [3.63, 3.8) is 0 Å². The fourth-order valence-corrected chi connectivity index (χ4v) is 3.12. The second-order valence-corrected chi connectivity index (χ2v) is 5.67. The summed E-state index contributed by atoms with van der Waals surface area (Å²) in [7, 11) is 0. The number of aryl methyl sites for hydroxylation is 1. The van der Waals surface area contributed by atoms with Gasteiger partial charge in [0.15, 0.2) is 0 Å². The van der Waals surface area contributed by atoms with Gasteiger partial charge in [0.1, 0.15) is 0 Å². The minimum atomic E-state index is -0.314. The Labute approximate surface area is 125 Å². The molecule has 1 saturated heterocycles. The molecule has 6 nitrogen and oxygen atoms in total. The molecular formula is C15H24N4O2. The van der Waals surface area contributed by atoms with Gasteiger partial charge in [-0.2, -0.15) is 0 Å². The number of nitrogens with one attached hydrogen (secondary N) is 1. The highest BCUT2D eigenvalue weighted by molar-refractivity contribution is 5.47. The summed E-state index contributed by atoms with van der Waals surface area (Å²) >= 11 is 0. The molecule has 116 valence electrons. The average molecular weight is 292 g/mol. The van der Waals surface area contributed by atoms with Gasteiger partial charge in [0.25, 0.3) is 5.69 Å². The first kappa shape index (κ1) is 15.9. The Morgan fingerprint density at radius 2 is 2.29 bits per heavy atom. The van der Waals surface area contributed by atoms with Crippen molar-refractivity contribution in [2.24, 2.45) is 0 Å². The third-order valence-corrected chi connectivity index (χ3v) is 4.34. The van der Waals surface area contributed by atoms with E-state index in [9.17, 15) is 10.1 Å². The van der Waals surface area contributed by atoms with E-state index < -0.39 is 0 Å². The summed E-state index contributed by atoms with van der Waals surface area (Å²) in [5.41, 5.74) is 2.26. The van der Waals surface area contributed by atoms with Gasteiger partial charge in [-0.05, 0) is 39.8 Å². The van der Waals surface area contributed by atoms with E-state index in [4.69, 9.17) is 0 Å². The second kappa shape index (κ2) is 6.95. The maximum absolute atomic E-state index is 11.1. The van der Waals surface area contributed by atoms with Gasteiger partial charge in [0, 0.05) is 36.5 Å². The summed E-state index contributed by atoms with van der Waals surface area (Å²) in [6.07, 6.45) is 4.07. The van der Waals surface area contributed by atoms with Crippen LogP contribution >= 0.6 is 0 Å². The van der Waals surface area contributed by atoms with Crippen molar-refractivity contribution in [3.8, 4) is 0 Å². The number of likely N-dealkylation sites (tertiary alicyclic amines) is 1. The van der Waals surface area contributed by atoms with E-state index in [-0.39, 0.29) is 10.6 Å². The van der Waals surface area contributed by atoms with Gasteiger partial charge in [-0.25, -0.2) is 0 Å². The van der Waals surface area contributed by atoms with Crippen molar-refractivity contribution in [3.05, 3.63) is 33.1 Å². The zero-order valence-electron chi connectivity index (χ0n) is 13.1. The Balaban J connectivity index is 1.98. The lowest BCUT2D eigenvalue weighted by Crippen LogP contribution is -2.37. The van der Waals surface area contributed by atoms with Crippen molar-refractivity contribution < 1.29 is 4.92 Å². The van der Waals surface area contributed by atoms with Crippen molar-refractivity contribution >= 4 is 5.69 Å². The molecule has 1 fully saturated rings. The maximum atomic E-state index is 11.1. The smallest absolute Gasteiger partial charge is 0.278 e. The molecule has 0 saturated carbocycles. The Morgan fingerprint density at radius 1 is 1.52 bits per heavy atom. The summed E-state index contributed by atoms with van der Waals surface area (Å²) in [6.45, 7) is 9.46. The molecule has 0 aromatic carbocycles. The summed E-state index contributed by atoms with van der Waals surface area (Å²) in [5, 5.41) is 14.5. The van der Waals surface area contributed by atoms with Gasteiger partial charge < -0.3 is 5.32 Å². The minimum Gasteiger partial charge on any atom is -0.310 e. The molecule has 2 rings (SSSR count). The van der Waals surface area contributed by atoms with Crippen LogP contribution in [0.1, 0.15) is 36.6 Å². The summed E-state index contributed by atoms with van der Waals surface area (Å²) in [4.78, 5) is 17.6. The van der Waals surface area contributed by atoms with E-state index >= 15 is 0 Å². The number of nitrogens with zero attached hydrogens (tertiary/aromatic N) is 3. The second-order valence-electron chi connectivity index (χ2n) is 5.67. The van der Waals surface area contributed by atoms with Crippen LogP contribution in [0.25, 0.3) is 0 Å². The van der Waals surface area contributed by atoms with Crippen LogP contribution in [0.2, 0.25) is 0 Å². The molecule has 1 unspecified atom stereocenters. The van der Waals surface area contributed by atoms with E-state index in [0.29, 0.717) is 23.7 Å². The van der Waals surface area contributed by atoms with Gasteiger partial charge in [-0.15, -0.1) is 0 Å². The van der Waals surface area contributed by atoms with Crippen LogP contribution in [0, 0.1) is 24.0 Å². The number of likely N-dealkylation sites (N-methyl/N-ethyl adjacent to an activating group) is 1. The predicted molar refractivity (Wildman–Crippen MR) is 82.3 cm³/mol. The van der Waals surface area contributed by atoms with Gasteiger partial charge in [-0.1, -0.05) is 6.92 Å². The first-order valence-corrected chi connectivity index (χ1v) is 7.58. The SMILES string of the molecule is CCN1CCCC1CNCc1ncc(C)c([N+](=O)[O-])c1C. The number of hydrogen-bond acceptors (Lipinski definition) is 5. The molecule has 1 atom stereocenters. The molecule has 0 amide bonds. The molecule has 1 aromatic rings. The lowest BCUT2D eigenvalue weighted by Gasteiger charge is -2.23. The summed E-state index contributed by atoms with van der Waals surface area (Å²) in [6, 6.07) is 0.579. The van der Waals surface area contributed by atoms with Gasteiger partial charge >= 0.3 is 0 Å². The van der Waals surface area contributed by atoms with Crippen LogP contribution in [0.3, 0.4) is 0 Å². The number of rotatable bonds is 6. The highest BCUT2D eigenvalue weighted by Crippen LogP contribution is 2.24. The maximum Gasteiger partial charge on any atom is 0.278 e. The van der Waals surface area contributed by atoms with Crippen LogP contribution in [-0.2, 0) is 6.54 Å². The quantitative estimate of drug-likeness (QED) is 0.643. The molecule has 6 heteroatoms. The molecule has 0 bridgehead atoms. The molecule has 1 N–H and O–H groups in total. The highest BCUT2D eigenvalue weighted by atomic mass is 16.6. The fourth-order valence-electron chi connectivity index (χ4n) is 3.12. The highest BCUT2D eigenvalue weighted by Gasteiger charge is 2.23. The van der Waals surface area contributed by atoms with E-state index in [2.05, 4.69) is 22.1 Å². The number of aromatic nitrogens is 1. The number of nitro groups is 1. The van der Waals surface area contributed by atoms with E-state index in [1.54, 1.807) is 20.0 Å². The molecule has 1 aliphatic rings. The van der Waals surface area contributed by atoms with Crippen molar-refractivity contribution in [2.75, 3.05) is 19.6 Å². The largest absolute Gasteiger partial charge is 0.310 e. The van der Waals surface area contributed by atoms with Crippen LogP contribution in [0.4, 0.5) is 5.69 Å². The lowest BCUT2D eigenvalue weighted by atomic mass is 10.1.